The maximum Gasteiger partial charge on any atom is 0.0356 e. The lowest BCUT2D eigenvalue weighted by Crippen LogP contribution is -1.99. The quantitative estimate of drug-likeness (QED) is 0.418. The Morgan fingerprint density at radius 1 is 0.818 bits per heavy atom. The average Bonchev–Trinajstić information content (AvgIpc) is 2.50. The number of benzene rings is 3. The Bertz CT molecular complexity index is 891. The third kappa shape index (κ3) is 2.23. The van der Waals surface area contributed by atoms with Gasteiger partial charge in [-0.15, -0.1) is 13.2 Å². The van der Waals surface area contributed by atoms with E-state index in [0.717, 1.165) is 35.2 Å². The Morgan fingerprint density at radius 2 is 1.55 bits per heavy atom. The molecule has 0 saturated carbocycles. The van der Waals surface area contributed by atoms with E-state index in [1.807, 2.05) is 30.4 Å². The van der Waals surface area contributed by atoms with E-state index in [1.165, 1.54) is 21.7 Å². The molecule has 0 amide bonds. The molecule has 0 radical (unpaired) electrons. The van der Waals surface area contributed by atoms with Crippen LogP contribution in [-0.2, 0) is 12.8 Å². The molecule has 2 nitrogen and oxygen atoms in total. The lowest BCUT2D eigenvalue weighted by molar-refractivity contribution is 1.28. The van der Waals surface area contributed by atoms with Crippen LogP contribution in [-0.4, -0.2) is 0 Å². The number of hydrogen-bond acceptors (Lipinski definition) is 2. The molecule has 0 saturated heterocycles. The highest BCUT2D eigenvalue weighted by atomic mass is 14.6. The summed E-state index contributed by atoms with van der Waals surface area (Å²) in [7, 11) is 0. The van der Waals surface area contributed by atoms with E-state index in [9.17, 15) is 0 Å². The van der Waals surface area contributed by atoms with Gasteiger partial charge in [0.25, 0.3) is 0 Å². The first-order valence-corrected chi connectivity index (χ1v) is 7.39. The van der Waals surface area contributed by atoms with Gasteiger partial charge in [-0.2, -0.15) is 0 Å². The number of fused-ring (bicyclic) bond motifs is 2. The van der Waals surface area contributed by atoms with Crippen LogP contribution in [0.5, 0.6) is 0 Å². The molecule has 0 aromatic heterocycles. The first-order chi connectivity index (χ1) is 10.7. The SMILES string of the molecule is C=CCc1c(N)ccc2cc3cc(N)ccc3c(CC=C)c12. The fourth-order valence-corrected chi connectivity index (χ4v) is 3.16. The van der Waals surface area contributed by atoms with E-state index in [0.29, 0.717) is 0 Å². The summed E-state index contributed by atoms with van der Waals surface area (Å²) < 4.78 is 0. The molecule has 0 aliphatic heterocycles. The number of anilines is 2. The number of rotatable bonds is 4. The Labute approximate surface area is 130 Å². The monoisotopic (exact) mass is 288 g/mol. The van der Waals surface area contributed by atoms with Gasteiger partial charge in [0.05, 0.1) is 0 Å². The minimum Gasteiger partial charge on any atom is -0.399 e. The maximum atomic E-state index is 6.21. The van der Waals surface area contributed by atoms with Gasteiger partial charge < -0.3 is 11.5 Å². The van der Waals surface area contributed by atoms with Gasteiger partial charge in [-0.1, -0.05) is 24.3 Å². The summed E-state index contributed by atoms with van der Waals surface area (Å²) >= 11 is 0. The van der Waals surface area contributed by atoms with Crippen molar-refractivity contribution in [1.82, 2.24) is 0 Å². The minimum absolute atomic E-state index is 0.758. The van der Waals surface area contributed by atoms with Crippen LogP contribution < -0.4 is 11.5 Å². The molecule has 0 fully saturated rings. The van der Waals surface area contributed by atoms with Gasteiger partial charge >= 0.3 is 0 Å². The Kier molecular flexibility index (Phi) is 3.60. The highest BCUT2D eigenvalue weighted by molar-refractivity contribution is 6.06. The number of nitrogens with two attached hydrogens (primary N) is 2. The largest absolute Gasteiger partial charge is 0.399 e. The summed E-state index contributed by atoms with van der Waals surface area (Å²) in [5.74, 6) is 0. The second-order valence-corrected chi connectivity index (χ2v) is 5.55. The second-order valence-electron chi connectivity index (χ2n) is 5.55. The molecular formula is C20H20N2. The predicted molar refractivity (Wildman–Crippen MR) is 98.1 cm³/mol. The van der Waals surface area contributed by atoms with E-state index in [-0.39, 0.29) is 0 Å². The molecule has 0 atom stereocenters. The second kappa shape index (κ2) is 5.57. The number of hydrogen-bond donors (Lipinski definition) is 2. The van der Waals surface area contributed by atoms with Crippen molar-refractivity contribution in [1.29, 1.82) is 0 Å². The van der Waals surface area contributed by atoms with Crippen molar-refractivity contribution >= 4 is 32.9 Å². The van der Waals surface area contributed by atoms with Crippen molar-refractivity contribution in [2.24, 2.45) is 0 Å². The van der Waals surface area contributed by atoms with Gasteiger partial charge in [0.2, 0.25) is 0 Å². The minimum atomic E-state index is 0.758. The molecule has 3 aromatic rings. The fraction of sp³-hybridized carbons (Fsp3) is 0.100. The van der Waals surface area contributed by atoms with Crippen molar-refractivity contribution in [2.75, 3.05) is 11.5 Å². The fourth-order valence-electron chi connectivity index (χ4n) is 3.16. The molecule has 3 aromatic carbocycles. The maximum absolute atomic E-state index is 6.21. The van der Waals surface area contributed by atoms with E-state index in [1.54, 1.807) is 0 Å². The standard InChI is InChI=1S/C20H20N2/c1-3-5-17-16-9-8-15(21)12-14(16)11-13-7-10-19(22)18(6-4-2)20(13)17/h3-4,7-12H,1-2,5-6,21-22H2. The zero-order chi connectivity index (χ0) is 15.7. The molecule has 110 valence electrons. The van der Waals surface area contributed by atoms with Crippen molar-refractivity contribution in [2.45, 2.75) is 12.8 Å². The van der Waals surface area contributed by atoms with Crippen molar-refractivity contribution in [3.8, 4) is 0 Å². The lowest BCUT2D eigenvalue weighted by Gasteiger charge is -2.15. The zero-order valence-corrected chi connectivity index (χ0v) is 12.6. The molecular weight excluding hydrogens is 268 g/mol. The van der Waals surface area contributed by atoms with E-state index >= 15 is 0 Å². The van der Waals surface area contributed by atoms with Crippen LogP contribution in [0.1, 0.15) is 11.1 Å². The van der Waals surface area contributed by atoms with Gasteiger partial charge in [0, 0.05) is 11.4 Å². The third-order valence-corrected chi connectivity index (χ3v) is 4.09. The van der Waals surface area contributed by atoms with Crippen LogP contribution in [0.2, 0.25) is 0 Å². The Balaban J connectivity index is 2.51. The van der Waals surface area contributed by atoms with Crippen LogP contribution in [0.4, 0.5) is 11.4 Å². The summed E-state index contributed by atoms with van der Waals surface area (Å²) in [5, 5.41) is 4.76. The molecule has 0 unspecified atom stereocenters. The van der Waals surface area contributed by atoms with Gasteiger partial charge in [0.15, 0.2) is 0 Å². The molecule has 3 rings (SSSR count). The highest BCUT2D eigenvalue weighted by Gasteiger charge is 2.12. The Hall–Kier alpha value is -2.74. The molecule has 4 N–H and O–H groups in total. The lowest BCUT2D eigenvalue weighted by atomic mass is 9.90. The summed E-state index contributed by atoms with van der Waals surface area (Å²) in [6.45, 7) is 7.77. The summed E-state index contributed by atoms with van der Waals surface area (Å²) in [6.07, 6.45) is 5.39. The van der Waals surface area contributed by atoms with Crippen LogP contribution in [0.3, 0.4) is 0 Å². The smallest absolute Gasteiger partial charge is 0.0356 e. The van der Waals surface area contributed by atoms with Crippen LogP contribution in [0.15, 0.2) is 61.7 Å². The Morgan fingerprint density at radius 3 is 2.27 bits per heavy atom. The first kappa shape index (κ1) is 14.2. The predicted octanol–water partition coefficient (Wildman–Crippen LogP) is 4.61. The summed E-state index contributed by atoms with van der Waals surface area (Å²) in [6, 6.07) is 12.3. The normalized spacial score (nSPS) is 10.9. The third-order valence-electron chi connectivity index (χ3n) is 4.09. The van der Waals surface area contributed by atoms with E-state index < -0.39 is 0 Å². The van der Waals surface area contributed by atoms with Crippen molar-refractivity contribution in [3.63, 3.8) is 0 Å². The topological polar surface area (TPSA) is 52.0 Å². The summed E-state index contributed by atoms with van der Waals surface area (Å²) in [5.41, 5.74) is 16.1. The molecule has 0 aliphatic carbocycles. The zero-order valence-electron chi connectivity index (χ0n) is 12.6. The first-order valence-electron chi connectivity index (χ1n) is 7.39. The highest BCUT2D eigenvalue weighted by Crippen LogP contribution is 2.35. The molecule has 0 spiro atoms. The number of nitrogen functional groups attached to an aromatic ring is 2. The van der Waals surface area contributed by atoms with Crippen LogP contribution in [0.25, 0.3) is 21.5 Å². The molecule has 0 aliphatic rings. The van der Waals surface area contributed by atoms with Crippen LogP contribution >= 0.6 is 0 Å². The molecule has 0 heterocycles. The molecule has 2 heteroatoms. The van der Waals surface area contributed by atoms with Crippen molar-refractivity contribution in [3.05, 3.63) is 72.8 Å². The average molecular weight is 288 g/mol. The van der Waals surface area contributed by atoms with Crippen molar-refractivity contribution < 1.29 is 0 Å². The van der Waals surface area contributed by atoms with Gasteiger partial charge in [-0.05, 0) is 69.8 Å². The van der Waals surface area contributed by atoms with Crippen LogP contribution in [0, 0.1) is 0 Å². The van der Waals surface area contributed by atoms with Gasteiger partial charge in [-0.3, -0.25) is 0 Å². The van der Waals surface area contributed by atoms with Gasteiger partial charge in [-0.25, -0.2) is 0 Å². The molecule has 0 bridgehead atoms. The van der Waals surface area contributed by atoms with Gasteiger partial charge in [0.1, 0.15) is 0 Å². The summed E-state index contributed by atoms with van der Waals surface area (Å²) in [4.78, 5) is 0. The number of allylic oxidation sites excluding steroid dienone is 2. The van der Waals surface area contributed by atoms with E-state index in [2.05, 4.69) is 31.4 Å². The van der Waals surface area contributed by atoms with E-state index in [4.69, 9.17) is 11.5 Å². The molecule has 22 heavy (non-hydrogen) atoms.